The Kier molecular flexibility index (Phi) is 4.72. The van der Waals surface area contributed by atoms with Gasteiger partial charge in [-0.2, -0.15) is 0 Å². The summed E-state index contributed by atoms with van der Waals surface area (Å²) >= 11 is 0. The molecule has 0 aromatic carbocycles. The summed E-state index contributed by atoms with van der Waals surface area (Å²) in [5.74, 6) is -1.37. The van der Waals surface area contributed by atoms with Crippen LogP contribution in [-0.4, -0.2) is 54.4 Å². The molecule has 0 radical (unpaired) electrons. The Morgan fingerprint density at radius 2 is 2.00 bits per heavy atom. The standard InChI is InChI=1S/C11H19NO5S/c1-8(2)5-10(13)12(6-11(14)15)9-3-4-18(16,17)7-9/h8-9H,3-7H2,1-2H3,(H,14,15). The highest BCUT2D eigenvalue weighted by Crippen LogP contribution is 2.19. The van der Waals surface area contributed by atoms with Crippen LogP contribution in [0.25, 0.3) is 0 Å². The van der Waals surface area contributed by atoms with E-state index < -0.39 is 28.4 Å². The van der Waals surface area contributed by atoms with Crippen LogP contribution in [0.15, 0.2) is 0 Å². The molecule has 0 aromatic rings. The Labute approximate surface area is 107 Å². The zero-order valence-corrected chi connectivity index (χ0v) is 11.4. The lowest BCUT2D eigenvalue weighted by Gasteiger charge is -2.27. The highest BCUT2D eigenvalue weighted by Gasteiger charge is 2.35. The second-order valence-corrected chi connectivity index (χ2v) is 7.30. The first-order chi connectivity index (χ1) is 8.21. The molecule has 1 heterocycles. The molecule has 1 fully saturated rings. The maximum absolute atomic E-state index is 12.0. The Balaban J connectivity index is 2.79. The largest absolute Gasteiger partial charge is 0.480 e. The SMILES string of the molecule is CC(C)CC(=O)N(CC(=O)O)C1CCS(=O)(=O)C1. The number of carboxylic acid groups (broad SMARTS) is 1. The number of aliphatic carboxylic acids is 1. The van der Waals surface area contributed by atoms with Gasteiger partial charge in [0.1, 0.15) is 6.54 Å². The molecule has 104 valence electrons. The van der Waals surface area contributed by atoms with E-state index in [1.165, 1.54) is 4.90 Å². The van der Waals surface area contributed by atoms with Crippen LogP contribution in [0.1, 0.15) is 26.7 Å². The zero-order valence-electron chi connectivity index (χ0n) is 10.6. The highest BCUT2D eigenvalue weighted by atomic mass is 32.2. The van der Waals surface area contributed by atoms with Gasteiger partial charge < -0.3 is 10.0 Å². The lowest BCUT2D eigenvalue weighted by molar-refractivity contribution is -0.146. The minimum Gasteiger partial charge on any atom is -0.480 e. The molecule has 1 unspecified atom stereocenters. The van der Waals surface area contributed by atoms with Gasteiger partial charge in [0.15, 0.2) is 9.84 Å². The fourth-order valence-corrected chi connectivity index (χ4v) is 3.79. The summed E-state index contributed by atoms with van der Waals surface area (Å²) in [5, 5.41) is 8.81. The lowest BCUT2D eigenvalue weighted by atomic mass is 10.1. The Morgan fingerprint density at radius 3 is 2.39 bits per heavy atom. The number of carboxylic acids is 1. The van der Waals surface area contributed by atoms with Gasteiger partial charge in [0.25, 0.3) is 0 Å². The number of hydrogen-bond donors (Lipinski definition) is 1. The number of sulfone groups is 1. The lowest BCUT2D eigenvalue weighted by Crippen LogP contribution is -2.44. The zero-order chi connectivity index (χ0) is 13.9. The van der Waals surface area contributed by atoms with E-state index in [1.807, 2.05) is 13.8 Å². The molecular weight excluding hydrogens is 258 g/mol. The number of rotatable bonds is 5. The van der Waals surface area contributed by atoms with Crippen molar-refractivity contribution in [3.8, 4) is 0 Å². The monoisotopic (exact) mass is 277 g/mol. The highest BCUT2D eigenvalue weighted by molar-refractivity contribution is 7.91. The van der Waals surface area contributed by atoms with Crippen molar-refractivity contribution in [2.24, 2.45) is 5.92 Å². The molecule has 1 aliphatic heterocycles. The molecule has 1 amide bonds. The molecule has 1 aliphatic rings. The molecule has 0 aliphatic carbocycles. The van der Waals surface area contributed by atoms with Crippen molar-refractivity contribution in [2.75, 3.05) is 18.1 Å². The van der Waals surface area contributed by atoms with Gasteiger partial charge in [0.2, 0.25) is 5.91 Å². The first-order valence-electron chi connectivity index (χ1n) is 5.93. The smallest absolute Gasteiger partial charge is 0.323 e. The number of carbonyl (C=O) groups is 2. The molecule has 18 heavy (non-hydrogen) atoms. The van der Waals surface area contributed by atoms with Crippen molar-refractivity contribution in [3.05, 3.63) is 0 Å². The van der Waals surface area contributed by atoms with Gasteiger partial charge in [-0.05, 0) is 12.3 Å². The van der Waals surface area contributed by atoms with Crippen molar-refractivity contribution in [1.29, 1.82) is 0 Å². The molecule has 1 saturated heterocycles. The summed E-state index contributed by atoms with van der Waals surface area (Å²) in [6.07, 6.45) is 0.573. The van der Waals surface area contributed by atoms with Crippen LogP contribution in [-0.2, 0) is 19.4 Å². The minimum absolute atomic E-state index is 0.0305. The predicted octanol–water partition coefficient (Wildman–Crippen LogP) is 0.133. The number of nitrogens with zero attached hydrogens (tertiary/aromatic N) is 1. The van der Waals surface area contributed by atoms with Crippen LogP contribution in [0.4, 0.5) is 0 Å². The summed E-state index contributed by atoms with van der Waals surface area (Å²) in [4.78, 5) is 23.9. The molecule has 0 saturated carbocycles. The molecule has 7 heteroatoms. The van der Waals surface area contributed by atoms with Crippen molar-refractivity contribution in [3.63, 3.8) is 0 Å². The van der Waals surface area contributed by atoms with Crippen molar-refractivity contribution in [1.82, 2.24) is 4.90 Å². The quantitative estimate of drug-likeness (QED) is 0.771. The number of carbonyl (C=O) groups excluding carboxylic acids is 1. The predicted molar refractivity (Wildman–Crippen MR) is 65.9 cm³/mol. The second kappa shape index (κ2) is 5.69. The fraction of sp³-hybridized carbons (Fsp3) is 0.818. The molecule has 6 nitrogen and oxygen atoms in total. The number of amides is 1. The van der Waals surface area contributed by atoms with Gasteiger partial charge in [-0.3, -0.25) is 9.59 Å². The van der Waals surface area contributed by atoms with Gasteiger partial charge in [-0.1, -0.05) is 13.8 Å². The van der Waals surface area contributed by atoms with Crippen molar-refractivity contribution >= 4 is 21.7 Å². The van der Waals surface area contributed by atoms with E-state index in [1.54, 1.807) is 0 Å². The van der Waals surface area contributed by atoms with Gasteiger partial charge >= 0.3 is 5.97 Å². The average molecular weight is 277 g/mol. The van der Waals surface area contributed by atoms with Crippen LogP contribution in [0.3, 0.4) is 0 Å². The first-order valence-corrected chi connectivity index (χ1v) is 7.75. The number of hydrogen-bond acceptors (Lipinski definition) is 4. The maximum atomic E-state index is 12.0. The molecular formula is C11H19NO5S. The van der Waals surface area contributed by atoms with E-state index in [-0.39, 0.29) is 29.8 Å². The van der Waals surface area contributed by atoms with Crippen molar-refractivity contribution in [2.45, 2.75) is 32.7 Å². The Bertz CT molecular complexity index is 429. The summed E-state index contributed by atoms with van der Waals surface area (Å²) < 4.78 is 22.8. The van der Waals surface area contributed by atoms with Crippen LogP contribution >= 0.6 is 0 Å². The third-order valence-electron chi connectivity index (χ3n) is 2.86. The Hall–Kier alpha value is -1.11. The molecule has 0 bridgehead atoms. The average Bonchev–Trinajstić information content (AvgIpc) is 2.53. The topological polar surface area (TPSA) is 91.8 Å². The maximum Gasteiger partial charge on any atom is 0.323 e. The van der Waals surface area contributed by atoms with Crippen LogP contribution < -0.4 is 0 Å². The molecule has 1 rings (SSSR count). The van der Waals surface area contributed by atoms with E-state index in [4.69, 9.17) is 5.11 Å². The summed E-state index contributed by atoms with van der Waals surface area (Å²) in [7, 11) is -3.13. The normalized spacial score (nSPS) is 22.1. The van der Waals surface area contributed by atoms with Crippen LogP contribution in [0.5, 0.6) is 0 Å². The van der Waals surface area contributed by atoms with Crippen molar-refractivity contribution < 1.29 is 23.1 Å². The summed E-state index contributed by atoms with van der Waals surface area (Å²) in [6, 6.07) is -0.489. The van der Waals surface area contributed by atoms with E-state index in [0.29, 0.717) is 6.42 Å². The van der Waals surface area contributed by atoms with Gasteiger partial charge in [0, 0.05) is 12.5 Å². The van der Waals surface area contributed by atoms with Crippen LogP contribution in [0, 0.1) is 5.92 Å². The Morgan fingerprint density at radius 1 is 1.39 bits per heavy atom. The molecule has 0 aromatic heterocycles. The second-order valence-electron chi connectivity index (χ2n) is 5.07. The third kappa shape index (κ3) is 4.29. The van der Waals surface area contributed by atoms with Crippen LogP contribution in [0.2, 0.25) is 0 Å². The summed E-state index contributed by atoms with van der Waals surface area (Å²) in [5.41, 5.74) is 0. The fourth-order valence-electron chi connectivity index (χ4n) is 2.05. The van der Waals surface area contributed by atoms with E-state index >= 15 is 0 Å². The van der Waals surface area contributed by atoms with E-state index in [2.05, 4.69) is 0 Å². The van der Waals surface area contributed by atoms with Gasteiger partial charge in [0.05, 0.1) is 11.5 Å². The van der Waals surface area contributed by atoms with E-state index in [9.17, 15) is 18.0 Å². The molecule has 1 N–H and O–H groups in total. The summed E-state index contributed by atoms with van der Waals surface area (Å²) in [6.45, 7) is 3.30. The van der Waals surface area contributed by atoms with Gasteiger partial charge in [-0.25, -0.2) is 8.42 Å². The molecule has 0 spiro atoms. The first kappa shape index (κ1) is 14.9. The third-order valence-corrected chi connectivity index (χ3v) is 4.61. The van der Waals surface area contributed by atoms with E-state index in [0.717, 1.165) is 0 Å². The molecule has 1 atom stereocenters. The van der Waals surface area contributed by atoms with Gasteiger partial charge in [-0.15, -0.1) is 0 Å². The minimum atomic E-state index is -3.13.